The molecule has 1 saturated carbocycles. The molecule has 0 saturated heterocycles. The van der Waals surface area contributed by atoms with E-state index in [4.69, 9.17) is 16.7 Å². The molecule has 3 N–H and O–H groups in total. The van der Waals surface area contributed by atoms with Gasteiger partial charge in [0.05, 0.1) is 10.2 Å². The number of carbonyl (C=O) groups excluding carboxylic acids is 1. The van der Waals surface area contributed by atoms with Gasteiger partial charge >= 0.3 is 5.97 Å². The highest BCUT2D eigenvalue weighted by atomic mass is 79.9. The molecule has 1 aromatic rings. The Hall–Kier alpha value is -1.27. The fourth-order valence-electron chi connectivity index (χ4n) is 2.03. The molecule has 0 aromatic heterocycles. The molecule has 1 aromatic carbocycles. The van der Waals surface area contributed by atoms with Gasteiger partial charge in [-0.25, -0.2) is 0 Å². The molecule has 0 heterocycles. The van der Waals surface area contributed by atoms with Crippen molar-refractivity contribution in [1.29, 1.82) is 0 Å². The Morgan fingerprint density at radius 2 is 2.11 bits per heavy atom. The predicted octanol–water partition coefficient (Wildman–Crippen LogP) is 2.86. The lowest BCUT2D eigenvalue weighted by atomic mass is 10.0. The molecule has 0 aliphatic heterocycles. The molecule has 19 heavy (non-hydrogen) atoms. The Bertz CT molecular complexity index is 577. The maximum Gasteiger partial charge on any atom is 0.319 e. The number of phenolic OH excluding ortho intramolecular Hbond substituents is 1. The normalized spacial score (nSPS) is 24.9. The van der Waals surface area contributed by atoms with Gasteiger partial charge < -0.3 is 15.5 Å². The average Bonchev–Trinajstić information content (AvgIpc) is 2.98. The number of halogens is 2. The summed E-state index contributed by atoms with van der Waals surface area (Å²) in [5, 5.41) is 21.7. The molecule has 7 heteroatoms. The van der Waals surface area contributed by atoms with E-state index in [1.165, 1.54) is 12.1 Å². The van der Waals surface area contributed by atoms with E-state index >= 15 is 0 Å². The molecule has 2 rings (SSSR count). The third-order valence-electron chi connectivity index (χ3n) is 3.37. The number of amides is 1. The van der Waals surface area contributed by atoms with Crippen LogP contribution < -0.4 is 5.32 Å². The van der Waals surface area contributed by atoms with Gasteiger partial charge in [-0.3, -0.25) is 9.59 Å². The van der Waals surface area contributed by atoms with Crippen molar-refractivity contribution in [3.63, 3.8) is 0 Å². The topological polar surface area (TPSA) is 86.6 Å². The van der Waals surface area contributed by atoms with E-state index in [-0.39, 0.29) is 23.8 Å². The molecule has 0 unspecified atom stereocenters. The standard InChI is InChI=1S/C12H11BrClNO4/c1-5-4-12(5,11(18)19)10(17)15-8-3-6(14)2-7(13)9(8)16/h2-3,5,16H,4H2,1H3,(H,15,17)(H,18,19)/t5-,12+/m1/s1. The van der Waals surface area contributed by atoms with Crippen LogP contribution in [0.4, 0.5) is 5.69 Å². The Labute approximate surface area is 122 Å². The van der Waals surface area contributed by atoms with Crippen molar-refractivity contribution < 1.29 is 19.8 Å². The molecule has 5 nitrogen and oxygen atoms in total. The second kappa shape index (κ2) is 4.68. The van der Waals surface area contributed by atoms with Crippen molar-refractivity contribution >= 4 is 45.1 Å². The Morgan fingerprint density at radius 1 is 1.53 bits per heavy atom. The number of carboxylic acid groups (broad SMARTS) is 1. The van der Waals surface area contributed by atoms with Crippen LogP contribution in [0.2, 0.25) is 5.02 Å². The summed E-state index contributed by atoms with van der Waals surface area (Å²) in [5.41, 5.74) is -1.31. The fraction of sp³-hybridized carbons (Fsp3) is 0.333. The first-order chi connectivity index (χ1) is 8.79. The number of anilines is 1. The number of hydrogen-bond acceptors (Lipinski definition) is 3. The molecule has 0 spiro atoms. The summed E-state index contributed by atoms with van der Waals surface area (Å²) < 4.78 is 0.323. The van der Waals surface area contributed by atoms with Crippen LogP contribution in [-0.4, -0.2) is 22.1 Å². The monoisotopic (exact) mass is 347 g/mol. The zero-order chi connectivity index (χ0) is 14.4. The Morgan fingerprint density at radius 3 is 2.58 bits per heavy atom. The van der Waals surface area contributed by atoms with Crippen LogP contribution in [0.3, 0.4) is 0 Å². The third-order valence-corrected chi connectivity index (χ3v) is 4.20. The van der Waals surface area contributed by atoms with Crippen LogP contribution >= 0.6 is 27.5 Å². The maximum absolute atomic E-state index is 12.1. The molecule has 1 amide bonds. The number of phenols is 1. The predicted molar refractivity (Wildman–Crippen MR) is 73.3 cm³/mol. The van der Waals surface area contributed by atoms with E-state index < -0.39 is 17.3 Å². The summed E-state index contributed by atoms with van der Waals surface area (Å²) in [4.78, 5) is 23.2. The number of carbonyl (C=O) groups is 2. The van der Waals surface area contributed by atoms with Gasteiger partial charge in [0, 0.05) is 5.02 Å². The SMILES string of the molecule is C[C@@H]1C[C@@]1(C(=O)O)C(=O)Nc1cc(Cl)cc(Br)c1O. The largest absolute Gasteiger partial charge is 0.505 e. The molecule has 0 radical (unpaired) electrons. The molecule has 102 valence electrons. The van der Waals surface area contributed by atoms with Crippen molar-refractivity contribution in [3.8, 4) is 5.75 Å². The number of nitrogens with one attached hydrogen (secondary N) is 1. The van der Waals surface area contributed by atoms with Crippen LogP contribution in [0.1, 0.15) is 13.3 Å². The molecule has 2 atom stereocenters. The van der Waals surface area contributed by atoms with Crippen molar-refractivity contribution in [2.24, 2.45) is 11.3 Å². The summed E-state index contributed by atoms with van der Waals surface area (Å²) in [7, 11) is 0. The van der Waals surface area contributed by atoms with E-state index in [1.54, 1.807) is 6.92 Å². The van der Waals surface area contributed by atoms with E-state index in [1.807, 2.05) is 0 Å². The minimum atomic E-state index is -1.40. The van der Waals surface area contributed by atoms with Gasteiger partial charge in [0.25, 0.3) is 0 Å². The highest BCUT2D eigenvalue weighted by Crippen LogP contribution is 2.53. The van der Waals surface area contributed by atoms with E-state index in [0.717, 1.165) is 0 Å². The quantitative estimate of drug-likeness (QED) is 0.579. The van der Waals surface area contributed by atoms with Gasteiger partial charge in [-0.15, -0.1) is 0 Å². The third kappa shape index (κ3) is 2.30. The van der Waals surface area contributed by atoms with Gasteiger partial charge in [-0.2, -0.15) is 0 Å². The lowest BCUT2D eigenvalue weighted by Gasteiger charge is -2.14. The fourth-order valence-corrected chi connectivity index (χ4v) is 2.84. The van der Waals surface area contributed by atoms with Gasteiger partial charge in [0.1, 0.15) is 5.41 Å². The zero-order valence-electron chi connectivity index (χ0n) is 9.91. The van der Waals surface area contributed by atoms with E-state index in [9.17, 15) is 14.7 Å². The van der Waals surface area contributed by atoms with E-state index in [0.29, 0.717) is 9.50 Å². The lowest BCUT2D eigenvalue weighted by Crippen LogP contribution is -2.32. The molecule has 0 bridgehead atoms. The Kier molecular flexibility index (Phi) is 3.49. The summed E-state index contributed by atoms with van der Waals surface area (Å²) in [6, 6.07) is 2.83. The molecular formula is C12H11BrClNO4. The lowest BCUT2D eigenvalue weighted by molar-refractivity contribution is -0.148. The van der Waals surface area contributed by atoms with Crippen LogP contribution in [0.25, 0.3) is 0 Å². The number of carboxylic acids is 1. The first kappa shape index (κ1) is 14.1. The van der Waals surface area contributed by atoms with Crippen LogP contribution in [0, 0.1) is 11.3 Å². The van der Waals surface area contributed by atoms with E-state index in [2.05, 4.69) is 21.2 Å². The number of aromatic hydroxyl groups is 1. The van der Waals surface area contributed by atoms with Crippen LogP contribution in [0.15, 0.2) is 16.6 Å². The number of hydrogen-bond donors (Lipinski definition) is 3. The van der Waals surface area contributed by atoms with Gasteiger partial charge in [-0.05, 0) is 40.4 Å². The van der Waals surface area contributed by atoms with Crippen molar-refractivity contribution in [1.82, 2.24) is 0 Å². The molecular weight excluding hydrogens is 337 g/mol. The average molecular weight is 349 g/mol. The first-order valence-corrected chi connectivity index (χ1v) is 6.69. The zero-order valence-corrected chi connectivity index (χ0v) is 12.2. The van der Waals surface area contributed by atoms with Crippen molar-refractivity contribution in [2.45, 2.75) is 13.3 Å². The van der Waals surface area contributed by atoms with Gasteiger partial charge in [0.15, 0.2) is 5.75 Å². The highest BCUT2D eigenvalue weighted by Gasteiger charge is 2.63. The molecule has 1 aliphatic rings. The highest BCUT2D eigenvalue weighted by molar-refractivity contribution is 9.10. The number of rotatable bonds is 3. The smallest absolute Gasteiger partial charge is 0.319 e. The van der Waals surface area contributed by atoms with Gasteiger partial charge in [-0.1, -0.05) is 18.5 Å². The number of aliphatic carboxylic acids is 1. The van der Waals surface area contributed by atoms with Gasteiger partial charge in [0.2, 0.25) is 5.91 Å². The van der Waals surface area contributed by atoms with Crippen molar-refractivity contribution in [2.75, 3.05) is 5.32 Å². The van der Waals surface area contributed by atoms with Crippen molar-refractivity contribution in [3.05, 3.63) is 21.6 Å². The summed E-state index contributed by atoms with van der Waals surface area (Å²) in [5.74, 6) is -2.21. The van der Waals surface area contributed by atoms with Crippen LogP contribution in [0.5, 0.6) is 5.75 Å². The Balaban J connectivity index is 2.28. The van der Waals surface area contributed by atoms with Crippen LogP contribution in [-0.2, 0) is 9.59 Å². The minimum Gasteiger partial charge on any atom is -0.505 e. The summed E-state index contributed by atoms with van der Waals surface area (Å²) in [6.07, 6.45) is 0.288. The number of benzene rings is 1. The maximum atomic E-state index is 12.1. The summed E-state index contributed by atoms with van der Waals surface area (Å²) in [6.45, 7) is 1.70. The minimum absolute atomic E-state index is 0.0871. The first-order valence-electron chi connectivity index (χ1n) is 5.52. The second-order valence-corrected chi connectivity index (χ2v) is 5.91. The molecule has 1 fully saturated rings. The summed E-state index contributed by atoms with van der Waals surface area (Å²) >= 11 is 8.91. The molecule has 1 aliphatic carbocycles. The second-order valence-electron chi connectivity index (χ2n) is 4.62.